The molecule has 0 spiro atoms. The van der Waals surface area contributed by atoms with Crippen LogP contribution < -0.4 is 5.56 Å². The van der Waals surface area contributed by atoms with Crippen molar-refractivity contribution < 1.29 is 5.11 Å². The fourth-order valence-corrected chi connectivity index (χ4v) is 2.33. The summed E-state index contributed by atoms with van der Waals surface area (Å²) in [5.41, 5.74) is 1.40. The standard InChI is InChI=1S/C14H11ClN4O.C2H6O/c1-8-12(14(20)19-18-8)13(10(6-16)7-17)9-2-4-11(15)5-3-9;1-2-3/h2-5,10,13H,1H3,(H2,18,19,20);3H,2H2,1H3. The van der Waals surface area contributed by atoms with Crippen LogP contribution in [0.2, 0.25) is 5.02 Å². The second-order valence-electron chi connectivity index (χ2n) is 4.70. The number of halogens is 1. The maximum atomic E-state index is 11.9. The molecule has 0 saturated carbocycles. The van der Waals surface area contributed by atoms with Crippen molar-refractivity contribution in [1.82, 2.24) is 10.2 Å². The molecular weight excluding hydrogens is 316 g/mol. The van der Waals surface area contributed by atoms with Crippen LogP contribution in [0.1, 0.15) is 29.7 Å². The molecule has 2 rings (SSSR count). The second-order valence-corrected chi connectivity index (χ2v) is 5.14. The van der Waals surface area contributed by atoms with E-state index in [2.05, 4.69) is 10.2 Å². The van der Waals surface area contributed by atoms with Gasteiger partial charge in [0.1, 0.15) is 5.92 Å². The molecular formula is C16H17ClN4O2. The molecule has 120 valence electrons. The van der Waals surface area contributed by atoms with Gasteiger partial charge in [0, 0.05) is 28.8 Å². The Morgan fingerprint density at radius 2 is 1.74 bits per heavy atom. The van der Waals surface area contributed by atoms with E-state index in [1.54, 1.807) is 38.1 Å². The van der Waals surface area contributed by atoms with Crippen molar-refractivity contribution in [3.8, 4) is 12.1 Å². The van der Waals surface area contributed by atoms with E-state index in [0.29, 0.717) is 21.8 Å². The summed E-state index contributed by atoms with van der Waals surface area (Å²) < 4.78 is 0. The van der Waals surface area contributed by atoms with Crippen LogP contribution in [0.3, 0.4) is 0 Å². The van der Waals surface area contributed by atoms with Gasteiger partial charge in [-0.3, -0.25) is 9.89 Å². The largest absolute Gasteiger partial charge is 0.397 e. The Hall–Kier alpha value is -2.54. The van der Waals surface area contributed by atoms with Gasteiger partial charge in [-0.2, -0.15) is 10.5 Å². The van der Waals surface area contributed by atoms with E-state index in [1.165, 1.54) is 0 Å². The number of benzene rings is 1. The third-order valence-corrected chi connectivity index (χ3v) is 3.42. The molecule has 0 aliphatic rings. The molecule has 23 heavy (non-hydrogen) atoms. The summed E-state index contributed by atoms with van der Waals surface area (Å²) in [6.45, 7) is 3.65. The molecule has 0 fully saturated rings. The van der Waals surface area contributed by atoms with Crippen LogP contribution in [0.15, 0.2) is 29.1 Å². The maximum Gasteiger partial charge on any atom is 0.268 e. The molecule has 1 unspecified atom stereocenters. The molecule has 7 heteroatoms. The molecule has 0 amide bonds. The molecule has 6 nitrogen and oxygen atoms in total. The molecule has 1 heterocycles. The predicted octanol–water partition coefficient (Wildman–Crippen LogP) is 2.46. The Labute approximate surface area is 138 Å². The van der Waals surface area contributed by atoms with Crippen molar-refractivity contribution in [1.29, 1.82) is 10.5 Å². The molecule has 2 aromatic rings. The minimum Gasteiger partial charge on any atom is -0.397 e. The van der Waals surface area contributed by atoms with E-state index >= 15 is 0 Å². The van der Waals surface area contributed by atoms with Crippen LogP contribution in [0, 0.1) is 35.5 Å². The fraction of sp³-hybridized carbons (Fsp3) is 0.312. The SMILES string of the molecule is CCO.Cc1[nH][nH]c(=O)c1C(c1ccc(Cl)cc1)C(C#N)C#N. The molecule has 1 atom stereocenters. The highest BCUT2D eigenvalue weighted by molar-refractivity contribution is 6.30. The number of nitrogens with one attached hydrogen (secondary N) is 2. The predicted molar refractivity (Wildman–Crippen MR) is 86.9 cm³/mol. The lowest BCUT2D eigenvalue weighted by Gasteiger charge is -2.17. The Morgan fingerprint density at radius 3 is 2.13 bits per heavy atom. The third-order valence-electron chi connectivity index (χ3n) is 3.16. The van der Waals surface area contributed by atoms with Crippen molar-refractivity contribution >= 4 is 11.6 Å². The maximum absolute atomic E-state index is 11.9. The summed E-state index contributed by atoms with van der Waals surface area (Å²) in [4.78, 5) is 11.9. The third kappa shape index (κ3) is 4.46. The van der Waals surface area contributed by atoms with E-state index in [1.807, 2.05) is 12.1 Å². The number of aliphatic hydroxyl groups is 1. The monoisotopic (exact) mass is 332 g/mol. The minimum absolute atomic E-state index is 0.250. The van der Waals surface area contributed by atoms with E-state index in [4.69, 9.17) is 16.7 Å². The highest BCUT2D eigenvalue weighted by atomic mass is 35.5. The van der Waals surface area contributed by atoms with E-state index in [0.717, 1.165) is 0 Å². The van der Waals surface area contributed by atoms with Crippen LogP contribution in [-0.2, 0) is 0 Å². The summed E-state index contributed by atoms with van der Waals surface area (Å²) in [5.74, 6) is -1.57. The van der Waals surface area contributed by atoms with Crippen molar-refractivity contribution in [3.63, 3.8) is 0 Å². The lowest BCUT2D eigenvalue weighted by atomic mass is 9.82. The van der Waals surface area contributed by atoms with Gasteiger partial charge in [-0.05, 0) is 31.5 Å². The van der Waals surface area contributed by atoms with Gasteiger partial charge in [0.25, 0.3) is 5.56 Å². The van der Waals surface area contributed by atoms with Gasteiger partial charge in [0.2, 0.25) is 0 Å². The van der Waals surface area contributed by atoms with Crippen molar-refractivity contribution in [2.45, 2.75) is 19.8 Å². The molecule has 0 radical (unpaired) electrons. The molecule has 0 aliphatic heterocycles. The van der Waals surface area contributed by atoms with E-state index in [9.17, 15) is 15.3 Å². The molecule has 3 N–H and O–H groups in total. The smallest absolute Gasteiger partial charge is 0.268 e. The van der Waals surface area contributed by atoms with Crippen LogP contribution in [0.4, 0.5) is 0 Å². The van der Waals surface area contributed by atoms with Crippen molar-refractivity contribution in [2.24, 2.45) is 5.92 Å². The fourth-order valence-electron chi connectivity index (χ4n) is 2.20. The molecule has 0 bridgehead atoms. The zero-order chi connectivity index (χ0) is 17.4. The number of hydrogen-bond donors (Lipinski definition) is 3. The van der Waals surface area contributed by atoms with Gasteiger partial charge in [-0.15, -0.1) is 0 Å². The van der Waals surface area contributed by atoms with Gasteiger partial charge in [-0.1, -0.05) is 23.7 Å². The lowest BCUT2D eigenvalue weighted by molar-refractivity contribution is 0.318. The normalized spacial score (nSPS) is 11.1. The average Bonchev–Trinajstić information content (AvgIpc) is 2.86. The Morgan fingerprint density at radius 1 is 1.22 bits per heavy atom. The van der Waals surface area contributed by atoms with E-state index < -0.39 is 11.8 Å². The summed E-state index contributed by atoms with van der Waals surface area (Å²) in [6, 6.07) is 10.7. The zero-order valence-electron chi connectivity index (χ0n) is 12.8. The number of aryl methyl sites for hydroxylation is 1. The summed E-state index contributed by atoms with van der Waals surface area (Å²) in [5, 5.41) is 31.7. The van der Waals surface area contributed by atoms with Crippen LogP contribution >= 0.6 is 11.6 Å². The summed E-state index contributed by atoms with van der Waals surface area (Å²) >= 11 is 5.85. The Bertz CT molecular complexity index is 751. The number of aromatic nitrogens is 2. The number of H-pyrrole nitrogens is 2. The van der Waals surface area contributed by atoms with E-state index in [-0.39, 0.29) is 12.2 Å². The van der Waals surface area contributed by atoms with Gasteiger partial charge >= 0.3 is 0 Å². The number of rotatable bonds is 3. The van der Waals surface area contributed by atoms with Gasteiger partial charge in [0.15, 0.2) is 0 Å². The van der Waals surface area contributed by atoms with Gasteiger partial charge < -0.3 is 10.2 Å². The highest BCUT2D eigenvalue weighted by Gasteiger charge is 2.29. The van der Waals surface area contributed by atoms with Crippen molar-refractivity contribution in [2.75, 3.05) is 6.61 Å². The quantitative estimate of drug-likeness (QED) is 0.800. The number of nitrogens with zero attached hydrogens (tertiary/aromatic N) is 2. The first-order valence-electron chi connectivity index (χ1n) is 6.92. The number of aliphatic hydroxyl groups excluding tert-OH is 1. The number of hydrogen-bond acceptors (Lipinski definition) is 4. The van der Waals surface area contributed by atoms with Crippen LogP contribution in [0.5, 0.6) is 0 Å². The van der Waals surface area contributed by atoms with Crippen LogP contribution in [0.25, 0.3) is 0 Å². The van der Waals surface area contributed by atoms with Crippen LogP contribution in [-0.4, -0.2) is 21.9 Å². The number of nitriles is 2. The molecule has 0 aliphatic carbocycles. The second kappa shape index (κ2) is 8.79. The highest BCUT2D eigenvalue weighted by Crippen LogP contribution is 2.31. The lowest BCUT2D eigenvalue weighted by Crippen LogP contribution is -2.19. The molecule has 0 saturated heterocycles. The zero-order valence-corrected chi connectivity index (χ0v) is 13.6. The summed E-state index contributed by atoms with van der Waals surface area (Å²) in [6.07, 6.45) is 0. The topological polar surface area (TPSA) is 116 Å². The Kier molecular flexibility index (Phi) is 7.08. The first kappa shape index (κ1) is 18.5. The minimum atomic E-state index is -0.952. The first-order chi connectivity index (χ1) is 11.0. The molecule has 1 aromatic heterocycles. The number of aromatic amines is 2. The Balaban J connectivity index is 0.000000816. The van der Waals surface area contributed by atoms with Gasteiger partial charge in [0.05, 0.1) is 12.1 Å². The first-order valence-corrected chi connectivity index (χ1v) is 7.30. The summed E-state index contributed by atoms with van der Waals surface area (Å²) in [7, 11) is 0. The van der Waals surface area contributed by atoms with Crippen molar-refractivity contribution in [3.05, 3.63) is 56.5 Å². The average molecular weight is 333 g/mol. The van der Waals surface area contributed by atoms with Gasteiger partial charge in [-0.25, -0.2) is 0 Å². The molecule has 1 aromatic carbocycles.